The Hall–Kier alpha value is -1.28. The van der Waals surface area contributed by atoms with E-state index in [2.05, 4.69) is 49.8 Å². The smallest absolute Gasteiger partial charge is 0.126 e. The van der Waals surface area contributed by atoms with Crippen LogP contribution in [0.3, 0.4) is 0 Å². The highest BCUT2D eigenvalue weighted by Crippen LogP contribution is 2.27. The summed E-state index contributed by atoms with van der Waals surface area (Å²) in [5, 5.41) is 3.25. The fourth-order valence-electron chi connectivity index (χ4n) is 3.69. The minimum absolute atomic E-state index is 0.351. The normalized spacial score (nSPS) is 23.5. The van der Waals surface area contributed by atoms with Crippen molar-refractivity contribution in [2.75, 3.05) is 39.8 Å². The predicted molar refractivity (Wildman–Crippen MR) is 95.9 cm³/mol. The van der Waals surface area contributed by atoms with Gasteiger partial charge in [0.25, 0.3) is 0 Å². The van der Waals surface area contributed by atoms with E-state index in [1.807, 2.05) is 6.20 Å². The maximum absolute atomic E-state index is 4.76. The van der Waals surface area contributed by atoms with Gasteiger partial charge in [-0.25, -0.2) is 9.97 Å². The van der Waals surface area contributed by atoms with Crippen LogP contribution in [0.4, 0.5) is 0 Å². The summed E-state index contributed by atoms with van der Waals surface area (Å²) in [5.41, 5.74) is 1.37. The van der Waals surface area contributed by atoms with Crippen LogP contribution in [0.25, 0.3) is 0 Å². The fourth-order valence-corrected chi connectivity index (χ4v) is 4.33. The Labute approximate surface area is 147 Å². The number of hydrogen-bond acceptors (Lipinski definition) is 6. The highest BCUT2D eigenvalue weighted by atomic mass is 32.1. The molecule has 1 atom stereocenters. The number of thiazole rings is 1. The van der Waals surface area contributed by atoms with Gasteiger partial charge in [-0.1, -0.05) is 0 Å². The van der Waals surface area contributed by atoms with E-state index in [0.29, 0.717) is 6.04 Å². The standard InChI is InChI=1S/C17H26N6S/c1-14-17-19-11-15(12-21-6-4-20(2)5-7-21)23(17)9-8-22(14)13-16-18-3-10-24-16/h3,10-11,14H,4-9,12-13H2,1-2H3/t14-/m0/s1. The van der Waals surface area contributed by atoms with Gasteiger partial charge in [-0.2, -0.15) is 0 Å². The first kappa shape index (κ1) is 16.2. The number of likely N-dealkylation sites (N-methyl/N-ethyl adjacent to an activating group) is 1. The summed E-state index contributed by atoms with van der Waals surface area (Å²) in [6, 6.07) is 0.351. The van der Waals surface area contributed by atoms with E-state index in [1.165, 1.54) is 29.6 Å². The maximum Gasteiger partial charge on any atom is 0.126 e. The number of rotatable bonds is 4. The Balaban J connectivity index is 1.44. The molecule has 4 heterocycles. The lowest BCUT2D eigenvalue weighted by molar-refractivity contribution is 0.136. The molecular formula is C17H26N6S. The van der Waals surface area contributed by atoms with Crippen LogP contribution in [0.1, 0.15) is 29.5 Å². The first-order chi connectivity index (χ1) is 11.7. The third-order valence-corrected chi connectivity index (χ3v) is 6.07. The number of aromatic nitrogens is 3. The van der Waals surface area contributed by atoms with E-state index in [4.69, 9.17) is 4.98 Å². The molecule has 1 fully saturated rings. The van der Waals surface area contributed by atoms with Crippen LogP contribution in [-0.4, -0.2) is 69.0 Å². The molecule has 1 saturated heterocycles. The van der Waals surface area contributed by atoms with Crippen molar-refractivity contribution >= 4 is 11.3 Å². The van der Waals surface area contributed by atoms with E-state index >= 15 is 0 Å². The average molecular weight is 347 g/mol. The second kappa shape index (κ2) is 6.92. The van der Waals surface area contributed by atoms with E-state index in [9.17, 15) is 0 Å². The van der Waals surface area contributed by atoms with E-state index in [1.54, 1.807) is 11.3 Å². The molecule has 0 unspecified atom stereocenters. The van der Waals surface area contributed by atoms with Crippen molar-refractivity contribution in [2.24, 2.45) is 0 Å². The van der Waals surface area contributed by atoms with Gasteiger partial charge in [0, 0.05) is 63.6 Å². The largest absolute Gasteiger partial charge is 0.328 e. The zero-order valence-electron chi connectivity index (χ0n) is 14.6. The summed E-state index contributed by atoms with van der Waals surface area (Å²) in [7, 11) is 2.21. The molecule has 0 N–H and O–H groups in total. The summed E-state index contributed by atoms with van der Waals surface area (Å²) < 4.78 is 2.45. The molecule has 0 radical (unpaired) electrons. The van der Waals surface area contributed by atoms with Crippen LogP contribution in [0.15, 0.2) is 17.8 Å². The molecule has 130 valence electrons. The number of fused-ring (bicyclic) bond motifs is 1. The topological polar surface area (TPSA) is 40.4 Å². The molecule has 0 saturated carbocycles. The number of imidazole rings is 1. The van der Waals surface area contributed by atoms with E-state index < -0.39 is 0 Å². The first-order valence-electron chi connectivity index (χ1n) is 8.78. The van der Waals surface area contributed by atoms with Gasteiger partial charge < -0.3 is 9.47 Å². The Morgan fingerprint density at radius 2 is 1.92 bits per heavy atom. The second-order valence-electron chi connectivity index (χ2n) is 6.91. The lowest BCUT2D eigenvalue weighted by Gasteiger charge is -2.35. The van der Waals surface area contributed by atoms with Crippen molar-refractivity contribution in [3.05, 3.63) is 34.3 Å². The number of nitrogens with zero attached hydrogens (tertiary/aromatic N) is 6. The lowest BCUT2D eigenvalue weighted by atomic mass is 10.2. The molecule has 0 bridgehead atoms. The zero-order chi connectivity index (χ0) is 16.5. The van der Waals surface area contributed by atoms with Gasteiger partial charge in [-0.05, 0) is 14.0 Å². The summed E-state index contributed by atoms with van der Waals surface area (Å²) in [6.45, 7) is 11.0. The van der Waals surface area contributed by atoms with Gasteiger partial charge in [-0.15, -0.1) is 11.3 Å². The average Bonchev–Trinajstić information content (AvgIpc) is 3.23. The third kappa shape index (κ3) is 3.26. The summed E-state index contributed by atoms with van der Waals surface area (Å²) >= 11 is 1.74. The van der Waals surface area contributed by atoms with Gasteiger partial charge in [0.15, 0.2) is 0 Å². The summed E-state index contributed by atoms with van der Waals surface area (Å²) in [6.07, 6.45) is 3.99. The van der Waals surface area contributed by atoms with Crippen molar-refractivity contribution in [1.82, 2.24) is 29.2 Å². The molecule has 7 heteroatoms. The Kier molecular flexibility index (Phi) is 4.67. The predicted octanol–water partition coefficient (Wildman–Crippen LogP) is 1.66. The molecule has 0 amide bonds. The zero-order valence-corrected chi connectivity index (χ0v) is 15.4. The number of hydrogen-bond donors (Lipinski definition) is 0. The molecule has 2 aliphatic heterocycles. The maximum atomic E-state index is 4.76. The SMILES string of the molecule is C[C@H]1c2ncc(CN3CCN(C)CC3)n2CCN1Cc1nccs1. The Morgan fingerprint density at radius 1 is 1.08 bits per heavy atom. The van der Waals surface area contributed by atoms with Crippen molar-refractivity contribution in [3.63, 3.8) is 0 Å². The van der Waals surface area contributed by atoms with Crippen molar-refractivity contribution in [1.29, 1.82) is 0 Å². The molecule has 2 aliphatic rings. The van der Waals surface area contributed by atoms with Gasteiger partial charge in [-0.3, -0.25) is 9.80 Å². The molecular weight excluding hydrogens is 320 g/mol. The van der Waals surface area contributed by atoms with Crippen LogP contribution < -0.4 is 0 Å². The van der Waals surface area contributed by atoms with E-state index in [0.717, 1.165) is 39.3 Å². The summed E-state index contributed by atoms with van der Waals surface area (Å²) in [5.74, 6) is 1.21. The minimum Gasteiger partial charge on any atom is -0.328 e. The quantitative estimate of drug-likeness (QED) is 0.842. The van der Waals surface area contributed by atoms with Crippen LogP contribution in [0.5, 0.6) is 0 Å². The lowest BCUT2D eigenvalue weighted by Crippen LogP contribution is -2.44. The monoisotopic (exact) mass is 346 g/mol. The van der Waals surface area contributed by atoms with Crippen molar-refractivity contribution in [2.45, 2.75) is 32.6 Å². The molecule has 0 aromatic carbocycles. The molecule has 2 aromatic heterocycles. The molecule has 4 rings (SSSR count). The minimum atomic E-state index is 0.351. The molecule has 0 aliphatic carbocycles. The third-order valence-electron chi connectivity index (χ3n) is 5.30. The first-order valence-corrected chi connectivity index (χ1v) is 9.66. The molecule has 24 heavy (non-hydrogen) atoms. The van der Waals surface area contributed by atoms with Crippen LogP contribution in [0.2, 0.25) is 0 Å². The fraction of sp³-hybridized carbons (Fsp3) is 0.647. The van der Waals surface area contributed by atoms with Gasteiger partial charge in [0.1, 0.15) is 10.8 Å². The van der Waals surface area contributed by atoms with Crippen LogP contribution in [-0.2, 0) is 19.6 Å². The van der Waals surface area contributed by atoms with Gasteiger partial charge in [0.05, 0.1) is 18.3 Å². The van der Waals surface area contributed by atoms with Crippen LogP contribution in [0, 0.1) is 0 Å². The van der Waals surface area contributed by atoms with Gasteiger partial charge in [0.2, 0.25) is 0 Å². The Morgan fingerprint density at radius 3 is 2.67 bits per heavy atom. The second-order valence-corrected chi connectivity index (χ2v) is 7.89. The van der Waals surface area contributed by atoms with Crippen molar-refractivity contribution in [3.8, 4) is 0 Å². The van der Waals surface area contributed by atoms with E-state index in [-0.39, 0.29) is 0 Å². The van der Waals surface area contributed by atoms with Crippen molar-refractivity contribution < 1.29 is 0 Å². The van der Waals surface area contributed by atoms with Crippen LogP contribution >= 0.6 is 11.3 Å². The molecule has 6 nitrogen and oxygen atoms in total. The number of piperazine rings is 1. The highest BCUT2D eigenvalue weighted by Gasteiger charge is 2.28. The summed E-state index contributed by atoms with van der Waals surface area (Å²) in [4.78, 5) is 16.6. The Bertz CT molecular complexity index is 659. The highest BCUT2D eigenvalue weighted by molar-refractivity contribution is 7.09. The molecule has 2 aromatic rings. The van der Waals surface area contributed by atoms with Gasteiger partial charge >= 0.3 is 0 Å². The molecule has 0 spiro atoms.